The van der Waals surface area contributed by atoms with Crippen LogP contribution in [0.15, 0.2) is 29.1 Å². The maximum absolute atomic E-state index is 13.7. The van der Waals surface area contributed by atoms with Gasteiger partial charge >= 0.3 is 5.97 Å². The van der Waals surface area contributed by atoms with Crippen LogP contribution in [0.4, 0.5) is 5.69 Å². The van der Waals surface area contributed by atoms with Crippen LogP contribution in [0.1, 0.15) is 50.8 Å². The van der Waals surface area contributed by atoms with E-state index in [1.165, 1.54) is 39.0 Å². The van der Waals surface area contributed by atoms with Crippen LogP contribution in [0.2, 0.25) is 0 Å². The lowest BCUT2D eigenvalue weighted by Crippen LogP contribution is -2.50. The highest BCUT2D eigenvalue weighted by Gasteiger charge is 2.31. The van der Waals surface area contributed by atoms with E-state index in [-0.39, 0.29) is 22.9 Å². The molecule has 0 bridgehead atoms. The maximum atomic E-state index is 13.7. The maximum Gasteiger partial charge on any atom is 0.326 e. The first kappa shape index (κ1) is 33.6. The SMILES string of the molecule is COc1cc2c(c(OC)c1OC)-c1ccc(N[C@H](CCSC)C(=O)N[C@@H](C(=O)O)C(C)C)c(=O)cc1[C@H](NC(C)=O)CC2. The van der Waals surface area contributed by atoms with E-state index in [2.05, 4.69) is 16.0 Å². The van der Waals surface area contributed by atoms with Crippen LogP contribution in [-0.4, -0.2) is 68.3 Å². The summed E-state index contributed by atoms with van der Waals surface area (Å²) < 4.78 is 17.0. The third-order valence-corrected chi connectivity index (χ3v) is 8.05. The normalized spacial score (nSPS) is 15.2. The Bertz CT molecular complexity index is 1410. The Morgan fingerprint density at radius 2 is 1.77 bits per heavy atom. The molecule has 4 N–H and O–H groups in total. The smallest absolute Gasteiger partial charge is 0.326 e. The lowest BCUT2D eigenvalue weighted by molar-refractivity contribution is -0.143. The number of carbonyl (C=O) groups excluding carboxylic acids is 2. The number of hydrogen-bond donors (Lipinski definition) is 4. The number of anilines is 1. The van der Waals surface area contributed by atoms with Gasteiger partial charge in [0.05, 0.1) is 33.1 Å². The first-order valence-corrected chi connectivity index (χ1v) is 15.4. The van der Waals surface area contributed by atoms with Crippen LogP contribution in [0.3, 0.4) is 0 Å². The number of nitrogens with one attached hydrogen (secondary N) is 3. The minimum atomic E-state index is -1.13. The van der Waals surface area contributed by atoms with Gasteiger partial charge in [0.2, 0.25) is 23.0 Å². The molecule has 43 heavy (non-hydrogen) atoms. The number of ether oxygens (including phenoxy) is 3. The summed E-state index contributed by atoms with van der Waals surface area (Å²) in [5, 5.41) is 18.3. The number of benzene rings is 1. The molecule has 0 heterocycles. The minimum absolute atomic E-state index is 0.160. The molecule has 0 spiro atoms. The Labute approximate surface area is 256 Å². The van der Waals surface area contributed by atoms with Crippen LogP contribution >= 0.6 is 11.8 Å². The van der Waals surface area contributed by atoms with Gasteiger partial charge in [0.15, 0.2) is 11.5 Å². The summed E-state index contributed by atoms with van der Waals surface area (Å²) in [6.45, 7) is 4.85. The van der Waals surface area contributed by atoms with Gasteiger partial charge in [-0.2, -0.15) is 11.8 Å². The van der Waals surface area contributed by atoms with Crippen molar-refractivity contribution >= 4 is 35.2 Å². The fourth-order valence-electron chi connectivity index (χ4n) is 5.29. The van der Waals surface area contributed by atoms with Gasteiger partial charge in [0.1, 0.15) is 12.1 Å². The van der Waals surface area contributed by atoms with Crippen LogP contribution in [0.25, 0.3) is 11.1 Å². The van der Waals surface area contributed by atoms with Crippen LogP contribution in [0, 0.1) is 5.92 Å². The number of aryl methyl sites for hydroxylation is 1. The number of fused-ring (bicyclic) bond motifs is 3. The average Bonchev–Trinajstić information content (AvgIpc) is 3.20. The number of carboxylic acids is 1. The van der Waals surface area contributed by atoms with Gasteiger partial charge in [-0.25, -0.2) is 4.79 Å². The summed E-state index contributed by atoms with van der Waals surface area (Å²) in [6.07, 6.45) is 3.33. The van der Waals surface area contributed by atoms with Gasteiger partial charge in [-0.3, -0.25) is 14.4 Å². The van der Waals surface area contributed by atoms with Crippen molar-refractivity contribution in [2.45, 2.75) is 58.2 Å². The van der Waals surface area contributed by atoms with Crippen molar-refractivity contribution in [3.05, 3.63) is 45.6 Å². The van der Waals surface area contributed by atoms with Crippen molar-refractivity contribution in [2.24, 2.45) is 5.92 Å². The van der Waals surface area contributed by atoms with E-state index in [9.17, 15) is 24.3 Å². The van der Waals surface area contributed by atoms with E-state index in [0.717, 1.165) is 5.56 Å². The third-order valence-electron chi connectivity index (χ3n) is 7.40. The van der Waals surface area contributed by atoms with E-state index >= 15 is 0 Å². The van der Waals surface area contributed by atoms with Crippen molar-refractivity contribution in [3.63, 3.8) is 0 Å². The molecule has 3 rings (SSSR count). The topological polar surface area (TPSA) is 152 Å². The first-order chi connectivity index (χ1) is 20.5. The molecule has 1 aliphatic carbocycles. The molecule has 12 heteroatoms. The molecule has 0 radical (unpaired) electrons. The number of amides is 2. The summed E-state index contributed by atoms with van der Waals surface area (Å²) >= 11 is 1.53. The third kappa shape index (κ3) is 7.73. The van der Waals surface area contributed by atoms with Gasteiger partial charge in [0, 0.05) is 12.5 Å². The molecule has 2 amide bonds. The van der Waals surface area contributed by atoms with Gasteiger partial charge in [-0.05, 0) is 72.1 Å². The fraction of sp³-hybridized carbons (Fsp3) is 0.484. The molecule has 0 unspecified atom stereocenters. The monoisotopic (exact) mass is 615 g/mol. The zero-order chi connectivity index (χ0) is 31.8. The van der Waals surface area contributed by atoms with Crippen molar-refractivity contribution in [1.29, 1.82) is 0 Å². The molecular weight excluding hydrogens is 574 g/mol. The van der Waals surface area contributed by atoms with Crippen molar-refractivity contribution < 1.29 is 33.7 Å². The van der Waals surface area contributed by atoms with Crippen LogP contribution in [0.5, 0.6) is 17.2 Å². The number of aliphatic carboxylic acids is 1. The van der Waals surface area contributed by atoms with Crippen molar-refractivity contribution in [3.8, 4) is 28.4 Å². The Morgan fingerprint density at radius 1 is 1.07 bits per heavy atom. The number of carboxylic acid groups (broad SMARTS) is 1. The Morgan fingerprint density at radius 3 is 2.33 bits per heavy atom. The molecule has 0 fully saturated rings. The van der Waals surface area contributed by atoms with Gasteiger partial charge < -0.3 is 35.3 Å². The summed E-state index contributed by atoms with van der Waals surface area (Å²) in [4.78, 5) is 50.9. The van der Waals surface area contributed by atoms with Gasteiger partial charge in [-0.15, -0.1) is 0 Å². The van der Waals surface area contributed by atoms with Crippen LogP contribution in [-0.2, 0) is 20.8 Å². The lowest BCUT2D eigenvalue weighted by Gasteiger charge is -2.23. The number of rotatable bonds is 13. The minimum Gasteiger partial charge on any atom is -0.493 e. The zero-order valence-electron chi connectivity index (χ0n) is 25.7. The molecule has 0 saturated heterocycles. The predicted molar refractivity (Wildman–Crippen MR) is 167 cm³/mol. The highest BCUT2D eigenvalue weighted by atomic mass is 32.2. The molecule has 11 nitrogen and oxygen atoms in total. The zero-order valence-corrected chi connectivity index (χ0v) is 26.5. The summed E-state index contributed by atoms with van der Waals surface area (Å²) in [5.74, 6) is -0.295. The Kier molecular flexibility index (Phi) is 11.7. The second kappa shape index (κ2) is 15.0. The Balaban J connectivity index is 2.20. The molecule has 0 aliphatic heterocycles. The first-order valence-electron chi connectivity index (χ1n) is 14.0. The molecule has 0 saturated carbocycles. The van der Waals surface area contributed by atoms with E-state index in [0.29, 0.717) is 59.0 Å². The molecular formula is C31H41N3O8S. The largest absolute Gasteiger partial charge is 0.493 e. The quantitative estimate of drug-likeness (QED) is 0.263. The average molecular weight is 616 g/mol. The standard InChI is InChI=1S/C31H41N3O8S/c1-16(2)27(31(38)39)34-30(37)23(12-13-43-7)33-22-11-9-19-20(15-24(22)36)21(32-17(3)35)10-8-18-14-25(40-4)28(41-5)29(42-6)26(18)19/h9,11,14-16,21,23,27H,8,10,12-13H2,1-7H3,(H,32,35)(H,33,36)(H,34,37)(H,38,39)/t21-,23-,27-/m1/s1. The molecule has 2 aromatic rings. The molecule has 3 atom stereocenters. The van der Waals surface area contributed by atoms with E-state index in [4.69, 9.17) is 14.2 Å². The molecule has 234 valence electrons. The van der Waals surface area contributed by atoms with E-state index in [1.54, 1.807) is 33.1 Å². The molecule has 1 aliphatic rings. The van der Waals surface area contributed by atoms with Crippen LogP contribution < -0.4 is 35.6 Å². The Hall–Kier alpha value is -3.93. The predicted octanol–water partition coefficient (Wildman–Crippen LogP) is 3.62. The fourth-order valence-corrected chi connectivity index (χ4v) is 5.76. The van der Waals surface area contributed by atoms with Crippen molar-refractivity contribution in [2.75, 3.05) is 38.7 Å². The summed E-state index contributed by atoms with van der Waals surface area (Å²) in [5.41, 5.74) is 2.62. The number of thioether (sulfide) groups is 1. The number of carbonyl (C=O) groups is 3. The molecule has 2 aromatic carbocycles. The van der Waals surface area contributed by atoms with Crippen molar-refractivity contribution in [1.82, 2.24) is 10.6 Å². The van der Waals surface area contributed by atoms with E-state index in [1.807, 2.05) is 12.3 Å². The summed E-state index contributed by atoms with van der Waals surface area (Å²) in [6, 6.07) is 4.30. The highest BCUT2D eigenvalue weighted by Crippen LogP contribution is 2.50. The number of methoxy groups -OCH3 is 3. The lowest BCUT2D eigenvalue weighted by atomic mass is 9.95. The van der Waals surface area contributed by atoms with Gasteiger partial charge in [0.25, 0.3) is 0 Å². The number of hydrogen-bond acceptors (Lipinski definition) is 9. The summed E-state index contributed by atoms with van der Waals surface area (Å²) in [7, 11) is 4.58. The van der Waals surface area contributed by atoms with E-state index < -0.39 is 30.0 Å². The molecule has 0 aromatic heterocycles. The second-order valence-corrected chi connectivity index (χ2v) is 11.6. The highest BCUT2D eigenvalue weighted by molar-refractivity contribution is 7.98. The van der Waals surface area contributed by atoms with Gasteiger partial charge in [-0.1, -0.05) is 19.9 Å². The second-order valence-electron chi connectivity index (χ2n) is 10.6.